The van der Waals surface area contributed by atoms with Gasteiger partial charge < -0.3 is 14.8 Å². The van der Waals surface area contributed by atoms with Gasteiger partial charge in [0.05, 0.1) is 12.5 Å². The molecule has 0 aromatic rings. The fourth-order valence-electron chi connectivity index (χ4n) is 2.69. The van der Waals surface area contributed by atoms with E-state index in [-0.39, 0.29) is 17.9 Å². The zero-order valence-corrected chi connectivity index (χ0v) is 12.7. The van der Waals surface area contributed by atoms with Crippen molar-refractivity contribution in [3.63, 3.8) is 0 Å². The molecule has 0 bridgehead atoms. The third-order valence-corrected chi connectivity index (χ3v) is 3.51. The quantitative estimate of drug-likeness (QED) is 0.784. The number of carbonyl (C=O) groups is 2. The van der Waals surface area contributed by atoms with Gasteiger partial charge in [0.1, 0.15) is 5.60 Å². The highest BCUT2D eigenvalue weighted by Gasteiger charge is 2.46. The van der Waals surface area contributed by atoms with Gasteiger partial charge in [-0.2, -0.15) is 0 Å². The lowest BCUT2D eigenvalue weighted by Gasteiger charge is -2.24. The largest absolute Gasteiger partial charge is 0.469 e. The smallest absolute Gasteiger partial charge is 0.407 e. The number of ether oxygens (including phenoxy) is 2. The molecule has 0 saturated heterocycles. The Kier molecular flexibility index (Phi) is 4.48. The average molecular weight is 271 g/mol. The molecule has 5 heteroatoms. The molecular formula is C14H25NO4. The summed E-state index contributed by atoms with van der Waals surface area (Å²) in [5.41, 5.74) is -1.04. The Labute approximate surface area is 115 Å². The van der Waals surface area contributed by atoms with Crippen LogP contribution in [0.25, 0.3) is 0 Å². The van der Waals surface area contributed by atoms with Crippen LogP contribution in [0.5, 0.6) is 0 Å². The standard InChI is InChI=1S/C14H25NO4/c1-9-7-14(5,11(16)18-6)8-10(9)15-12(17)19-13(2,3)4/h9-10H,7-8H2,1-6H3,(H,15,17). The lowest BCUT2D eigenvalue weighted by molar-refractivity contribution is -0.151. The van der Waals surface area contributed by atoms with Gasteiger partial charge in [0, 0.05) is 6.04 Å². The van der Waals surface area contributed by atoms with Crippen molar-refractivity contribution in [2.75, 3.05) is 7.11 Å². The van der Waals surface area contributed by atoms with Crippen LogP contribution < -0.4 is 5.32 Å². The summed E-state index contributed by atoms with van der Waals surface area (Å²) >= 11 is 0. The fourth-order valence-corrected chi connectivity index (χ4v) is 2.69. The maximum Gasteiger partial charge on any atom is 0.407 e. The number of nitrogens with one attached hydrogen (secondary N) is 1. The van der Waals surface area contributed by atoms with Crippen molar-refractivity contribution in [2.45, 2.75) is 59.1 Å². The van der Waals surface area contributed by atoms with Gasteiger partial charge in [-0.15, -0.1) is 0 Å². The molecule has 0 aliphatic heterocycles. The molecule has 0 aromatic carbocycles. The molecule has 1 amide bonds. The van der Waals surface area contributed by atoms with Crippen molar-refractivity contribution < 1.29 is 19.1 Å². The maximum atomic E-state index is 11.8. The van der Waals surface area contributed by atoms with Gasteiger partial charge in [-0.25, -0.2) is 4.79 Å². The Morgan fingerprint density at radius 1 is 1.26 bits per heavy atom. The van der Waals surface area contributed by atoms with E-state index >= 15 is 0 Å². The van der Waals surface area contributed by atoms with E-state index in [4.69, 9.17) is 9.47 Å². The number of carbonyl (C=O) groups excluding carboxylic acids is 2. The van der Waals surface area contributed by atoms with Crippen LogP contribution in [0.3, 0.4) is 0 Å². The van der Waals surface area contributed by atoms with Crippen molar-refractivity contribution >= 4 is 12.1 Å². The minimum absolute atomic E-state index is 0.0565. The summed E-state index contributed by atoms with van der Waals surface area (Å²) in [5, 5.41) is 2.85. The van der Waals surface area contributed by atoms with Crippen molar-refractivity contribution in [3.8, 4) is 0 Å². The first-order chi connectivity index (χ1) is 8.57. The lowest BCUT2D eigenvalue weighted by Crippen LogP contribution is -2.41. The van der Waals surface area contributed by atoms with Gasteiger partial charge in [0.2, 0.25) is 0 Å². The molecule has 1 N–H and O–H groups in total. The number of hydrogen-bond acceptors (Lipinski definition) is 4. The third-order valence-electron chi connectivity index (χ3n) is 3.51. The van der Waals surface area contributed by atoms with Gasteiger partial charge in [-0.3, -0.25) is 4.79 Å². The van der Waals surface area contributed by atoms with Crippen LogP contribution >= 0.6 is 0 Å². The van der Waals surface area contributed by atoms with Crippen LogP contribution in [0.4, 0.5) is 4.79 Å². The van der Waals surface area contributed by atoms with Gasteiger partial charge in [-0.1, -0.05) is 6.92 Å². The molecular weight excluding hydrogens is 246 g/mol. The normalized spacial score (nSPS) is 30.8. The van der Waals surface area contributed by atoms with E-state index in [9.17, 15) is 9.59 Å². The number of hydrogen-bond donors (Lipinski definition) is 1. The summed E-state index contributed by atoms with van der Waals surface area (Å²) in [5.74, 6) is 0.00413. The monoisotopic (exact) mass is 271 g/mol. The fraction of sp³-hybridized carbons (Fsp3) is 0.857. The van der Waals surface area contributed by atoms with E-state index in [2.05, 4.69) is 5.32 Å². The second kappa shape index (κ2) is 5.39. The number of rotatable bonds is 2. The highest BCUT2D eigenvalue weighted by molar-refractivity contribution is 5.77. The summed E-state index contributed by atoms with van der Waals surface area (Å²) in [6, 6.07) is -0.0565. The predicted octanol–water partition coefficient (Wildman–Crippen LogP) is 2.49. The van der Waals surface area contributed by atoms with Crippen molar-refractivity contribution in [1.82, 2.24) is 5.32 Å². The molecule has 0 spiro atoms. The molecule has 1 aliphatic rings. The van der Waals surface area contributed by atoms with E-state index in [1.807, 2.05) is 34.6 Å². The summed E-state index contributed by atoms with van der Waals surface area (Å²) in [7, 11) is 1.40. The molecule has 3 unspecified atom stereocenters. The number of alkyl carbamates (subject to hydrolysis) is 1. The third kappa shape index (κ3) is 4.11. The number of esters is 1. The Bertz CT molecular complexity index is 361. The van der Waals surface area contributed by atoms with Gasteiger partial charge in [0.25, 0.3) is 0 Å². The van der Waals surface area contributed by atoms with Crippen molar-refractivity contribution in [1.29, 1.82) is 0 Å². The first kappa shape index (κ1) is 15.8. The Hall–Kier alpha value is -1.26. The summed E-state index contributed by atoms with van der Waals surface area (Å²) in [6.07, 6.45) is 0.860. The molecule has 1 fully saturated rings. The molecule has 1 aliphatic carbocycles. The minimum Gasteiger partial charge on any atom is -0.469 e. The summed E-state index contributed by atoms with van der Waals surface area (Å²) < 4.78 is 10.1. The number of methoxy groups -OCH3 is 1. The Morgan fingerprint density at radius 2 is 1.84 bits per heavy atom. The van der Waals surface area contributed by atoms with Crippen LogP contribution in [0.1, 0.15) is 47.5 Å². The van der Waals surface area contributed by atoms with Crippen LogP contribution in [0.2, 0.25) is 0 Å². The Balaban J connectivity index is 2.62. The van der Waals surface area contributed by atoms with E-state index in [1.54, 1.807) is 0 Å². The SMILES string of the molecule is COC(=O)C1(C)CC(C)C(NC(=O)OC(C)(C)C)C1. The van der Waals surface area contributed by atoms with Gasteiger partial charge in [-0.05, 0) is 46.5 Å². The number of amides is 1. The lowest BCUT2D eigenvalue weighted by atomic mass is 9.88. The van der Waals surface area contributed by atoms with Crippen LogP contribution in [0.15, 0.2) is 0 Å². The molecule has 110 valence electrons. The van der Waals surface area contributed by atoms with E-state index in [0.29, 0.717) is 12.8 Å². The second-order valence-corrected chi connectivity index (χ2v) is 6.69. The van der Waals surface area contributed by atoms with Gasteiger partial charge in [0.15, 0.2) is 0 Å². The molecule has 0 radical (unpaired) electrons. The molecule has 3 atom stereocenters. The average Bonchev–Trinajstić information content (AvgIpc) is 2.51. The second-order valence-electron chi connectivity index (χ2n) is 6.69. The summed E-state index contributed by atoms with van der Waals surface area (Å²) in [6.45, 7) is 9.37. The molecule has 19 heavy (non-hydrogen) atoms. The van der Waals surface area contributed by atoms with Gasteiger partial charge >= 0.3 is 12.1 Å². The van der Waals surface area contributed by atoms with E-state index in [0.717, 1.165) is 0 Å². The van der Waals surface area contributed by atoms with Crippen LogP contribution in [-0.4, -0.2) is 30.8 Å². The predicted molar refractivity (Wildman–Crippen MR) is 71.7 cm³/mol. The van der Waals surface area contributed by atoms with Crippen molar-refractivity contribution in [2.24, 2.45) is 11.3 Å². The summed E-state index contributed by atoms with van der Waals surface area (Å²) in [4.78, 5) is 23.5. The van der Waals surface area contributed by atoms with Crippen LogP contribution in [-0.2, 0) is 14.3 Å². The highest BCUT2D eigenvalue weighted by atomic mass is 16.6. The molecule has 1 rings (SSSR count). The topological polar surface area (TPSA) is 64.6 Å². The maximum absolute atomic E-state index is 11.8. The first-order valence-electron chi connectivity index (χ1n) is 6.65. The Morgan fingerprint density at radius 3 is 2.32 bits per heavy atom. The van der Waals surface area contributed by atoms with E-state index < -0.39 is 17.1 Å². The molecule has 0 aromatic heterocycles. The first-order valence-corrected chi connectivity index (χ1v) is 6.65. The molecule has 5 nitrogen and oxygen atoms in total. The zero-order chi connectivity index (χ0) is 14.8. The molecule has 1 saturated carbocycles. The van der Waals surface area contributed by atoms with Crippen LogP contribution in [0, 0.1) is 11.3 Å². The minimum atomic E-state index is -0.520. The zero-order valence-electron chi connectivity index (χ0n) is 12.7. The molecule has 0 heterocycles. The van der Waals surface area contributed by atoms with E-state index in [1.165, 1.54) is 7.11 Å². The highest BCUT2D eigenvalue weighted by Crippen LogP contribution is 2.42. The van der Waals surface area contributed by atoms with Crippen molar-refractivity contribution in [3.05, 3.63) is 0 Å².